The fraction of sp³-hybridized carbons (Fsp3) is 0.953. The average molecular weight is 1520 g/mol. The van der Waals surface area contributed by atoms with Crippen molar-refractivity contribution in [3.63, 3.8) is 0 Å². The fourth-order valence-electron chi connectivity index (χ4n) is 13.2. The molecule has 0 heterocycles. The van der Waals surface area contributed by atoms with Crippen molar-refractivity contribution in [1.82, 2.24) is 0 Å². The second-order valence-corrected chi connectivity index (χ2v) is 34.4. The van der Waals surface area contributed by atoms with Crippen LogP contribution in [0, 0.1) is 11.8 Å². The molecule has 104 heavy (non-hydrogen) atoms. The van der Waals surface area contributed by atoms with Gasteiger partial charge in [0, 0.05) is 25.7 Å². The van der Waals surface area contributed by atoms with E-state index in [0.29, 0.717) is 25.7 Å². The molecule has 0 aliphatic rings. The number of esters is 4. The minimum Gasteiger partial charge on any atom is -0.462 e. The molecule has 2 unspecified atom stereocenters. The van der Waals surface area contributed by atoms with Crippen LogP contribution in [-0.4, -0.2) is 96.7 Å². The van der Waals surface area contributed by atoms with Crippen LogP contribution in [0.3, 0.4) is 0 Å². The zero-order chi connectivity index (χ0) is 76.4. The molecule has 0 saturated carbocycles. The molecule has 0 amide bonds. The summed E-state index contributed by atoms with van der Waals surface area (Å²) in [5.74, 6) is -0.526. The third-order valence-corrected chi connectivity index (χ3v) is 21.9. The number of hydrogen-bond acceptors (Lipinski definition) is 15. The lowest BCUT2D eigenvalue weighted by Gasteiger charge is -2.21. The Kier molecular flexibility index (Phi) is 75.0. The van der Waals surface area contributed by atoms with Crippen LogP contribution in [0.1, 0.15) is 452 Å². The van der Waals surface area contributed by atoms with E-state index in [-0.39, 0.29) is 25.7 Å². The number of hydrogen-bond donors (Lipinski definition) is 3. The van der Waals surface area contributed by atoms with Gasteiger partial charge < -0.3 is 33.8 Å². The van der Waals surface area contributed by atoms with E-state index in [4.69, 9.17) is 37.0 Å². The molecular formula is C85H166O17P2. The van der Waals surface area contributed by atoms with Crippen molar-refractivity contribution in [2.75, 3.05) is 39.6 Å². The van der Waals surface area contributed by atoms with Gasteiger partial charge >= 0.3 is 39.5 Å². The maximum Gasteiger partial charge on any atom is 0.472 e. The Morgan fingerprint density at radius 1 is 0.260 bits per heavy atom. The lowest BCUT2D eigenvalue weighted by molar-refractivity contribution is -0.161. The monoisotopic (exact) mass is 1520 g/mol. The van der Waals surface area contributed by atoms with Crippen LogP contribution >= 0.6 is 15.6 Å². The molecule has 0 saturated heterocycles. The Bertz CT molecular complexity index is 1990. The summed E-state index contributed by atoms with van der Waals surface area (Å²) in [6.07, 6.45) is 67.9. The third-order valence-electron chi connectivity index (χ3n) is 20.0. The van der Waals surface area contributed by atoms with Crippen molar-refractivity contribution in [2.45, 2.75) is 471 Å². The summed E-state index contributed by atoms with van der Waals surface area (Å²) in [6, 6.07) is 0. The zero-order valence-electron chi connectivity index (χ0n) is 68.3. The van der Waals surface area contributed by atoms with Crippen LogP contribution in [0.15, 0.2) is 0 Å². The van der Waals surface area contributed by atoms with Crippen LogP contribution in [0.5, 0.6) is 0 Å². The largest absolute Gasteiger partial charge is 0.472 e. The summed E-state index contributed by atoms with van der Waals surface area (Å²) in [4.78, 5) is 73.2. The van der Waals surface area contributed by atoms with Crippen molar-refractivity contribution in [2.24, 2.45) is 11.8 Å². The third kappa shape index (κ3) is 78.2. The van der Waals surface area contributed by atoms with Gasteiger partial charge in [-0.2, -0.15) is 0 Å². The number of aliphatic hydroxyl groups is 1. The standard InChI is InChI=1S/C85H166O17P2/c1-7-9-11-13-15-17-19-21-22-23-24-25-26-27-32-39-45-51-57-63-69-84(89)101-81(74-96-83(88)68-62-56-50-44-38-31-29-28-30-35-41-47-53-59-65-77(3)4)76-100-104(93,94)98-72-79(86)71-97-103(91,92)99-75-80(73-95-82(87)67-61-55-49-43-37-20-18-16-14-12-10-8-2)102-85(90)70-64-58-52-46-40-34-33-36-42-48-54-60-66-78(5)6/h77-81,86H,7-76H2,1-6H3,(H,91,92)(H,93,94)/t79-,80+,81+/m0/s1. The molecule has 3 N–H and O–H groups in total. The minimum atomic E-state index is -4.97. The smallest absolute Gasteiger partial charge is 0.462 e. The van der Waals surface area contributed by atoms with Crippen molar-refractivity contribution in [3.05, 3.63) is 0 Å². The van der Waals surface area contributed by atoms with Crippen LogP contribution in [0.2, 0.25) is 0 Å². The van der Waals surface area contributed by atoms with Gasteiger partial charge in [0.2, 0.25) is 0 Å². The number of phosphoric ester groups is 2. The van der Waals surface area contributed by atoms with E-state index in [1.54, 1.807) is 0 Å². The molecule has 0 rings (SSSR count). The zero-order valence-corrected chi connectivity index (χ0v) is 70.1. The predicted octanol–water partition coefficient (Wildman–Crippen LogP) is 25.8. The second kappa shape index (κ2) is 76.4. The molecule has 0 aromatic heterocycles. The maximum atomic E-state index is 13.1. The van der Waals surface area contributed by atoms with Crippen molar-refractivity contribution < 1.29 is 80.2 Å². The van der Waals surface area contributed by atoms with Gasteiger partial charge in [0.05, 0.1) is 26.4 Å². The topological polar surface area (TPSA) is 237 Å². The Hall–Kier alpha value is -1.94. The summed E-state index contributed by atoms with van der Waals surface area (Å²) in [6.45, 7) is 9.70. The first kappa shape index (κ1) is 102. The molecule has 0 aromatic carbocycles. The number of carbonyl (C=O) groups excluding carboxylic acids is 4. The molecule has 0 spiro atoms. The average Bonchev–Trinajstić information content (AvgIpc) is 0.905. The highest BCUT2D eigenvalue weighted by atomic mass is 31.2. The van der Waals surface area contributed by atoms with Gasteiger partial charge in [-0.1, -0.05) is 401 Å². The molecule has 0 bridgehead atoms. The van der Waals surface area contributed by atoms with Gasteiger partial charge in [-0.15, -0.1) is 0 Å². The number of unbranched alkanes of at least 4 members (excludes halogenated alkanes) is 54. The lowest BCUT2D eigenvalue weighted by atomic mass is 10.0. The van der Waals surface area contributed by atoms with Gasteiger partial charge in [-0.05, 0) is 37.5 Å². The first-order chi connectivity index (χ1) is 50.4. The molecule has 0 aliphatic heterocycles. The Morgan fingerprint density at radius 3 is 0.654 bits per heavy atom. The van der Waals surface area contributed by atoms with Crippen molar-refractivity contribution in [3.8, 4) is 0 Å². The molecule has 0 radical (unpaired) electrons. The molecule has 19 heteroatoms. The second-order valence-electron chi connectivity index (χ2n) is 31.5. The molecule has 618 valence electrons. The molecule has 17 nitrogen and oxygen atoms in total. The van der Waals surface area contributed by atoms with Crippen LogP contribution < -0.4 is 0 Å². The number of phosphoric acid groups is 2. The van der Waals surface area contributed by atoms with Gasteiger partial charge in [-0.3, -0.25) is 37.3 Å². The Labute approximate surface area is 638 Å². The number of carbonyl (C=O) groups is 4. The molecule has 0 aliphatic carbocycles. The summed E-state index contributed by atoms with van der Waals surface area (Å²) in [5.41, 5.74) is 0. The highest BCUT2D eigenvalue weighted by Gasteiger charge is 2.30. The quantitative estimate of drug-likeness (QED) is 0.0222. The number of rotatable bonds is 84. The minimum absolute atomic E-state index is 0.107. The van der Waals surface area contributed by atoms with E-state index in [1.807, 2.05) is 0 Å². The maximum absolute atomic E-state index is 13.1. The van der Waals surface area contributed by atoms with Crippen LogP contribution in [-0.2, 0) is 65.4 Å². The van der Waals surface area contributed by atoms with Crippen LogP contribution in [0.25, 0.3) is 0 Å². The summed E-state index contributed by atoms with van der Waals surface area (Å²) < 4.78 is 68.9. The van der Waals surface area contributed by atoms with Gasteiger partial charge in [0.25, 0.3) is 0 Å². The number of aliphatic hydroxyl groups excluding tert-OH is 1. The van der Waals surface area contributed by atoms with E-state index in [9.17, 15) is 43.2 Å². The molecule has 0 fully saturated rings. The van der Waals surface area contributed by atoms with E-state index in [1.165, 1.54) is 270 Å². The van der Waals surface area contributed by atoms with E-state index < -0.39 is 97.5 Å². The summed E-state index contributed by atoms with van der Waals surface area (Å²) in [7, 11) is -9.93. The lowest BCUT2D eigenvalue weighted by Crippen LogP contribution is -2.30. The van der Waals surface area contributed by atoms with Gasteiger partial charge in [-0.25, -0.2) is 9.13 Å². The SMILES string of the molecule is CCCCCCCCCCCCCCCCCCCCCCC(=O)O[C@H](COC(=O)CCCCCCCCCCCCCCCCC(C)C)COP(=O)(O)OC[C@@H](O)COP(=O)(O)OC[C@@H](COC(=O)CCCCCCCCCCCCCC)OC(=O)CCCCCCCCCCCCCCC(C)C. The normalized spacial score (nSPS) is 13.8. The Morgan fingerprint density at radius 2 is 0.442 bits per heavy atom. The number of ether oxygens (including phenoxy) is 4. The molecule has 0 aromatic rings. The first-order valence-electron chi connectivity index (χ1n) is 44.0. The highest BCUT2D eigenvalue weighted by Crippen LogP contribution is 2.45. The van der Waals surface area contributed by atoms with Crippen LogP contribution in [0.4, 0.5) is 0 Å². The highest BCUT2D eigenvalue weighted by molar-refractivity contribution is 7.47. The van der Waals surface area contributed by atoms with E-state index in [0.717, 1.165) is 102 Å². The van der Waals surface area contributed by atoms with Crippen molar-refractivity contribution >= 4 is 39.5 Å². The van der Waals surface area contributed by atoms with Gasteiger partial charge in [0.1, 0.15) is 19.3 Å². The summed E-state index contributed by atoms with van der Waals surface area (Å²) in [5, 5.41) is 10.7. The predicted molar refractivity (Wildman–Crippen MR) is 428 cm³/mol. The molecular weight excluding hydrogens is 1350 g/mol. The molecule has 5 atom stereocenters. The van der Waals surface area contributed by atoms with Gasteiger partial charge in [0.15, 0.2) is 12.2 Å². The van der Waals surface area contributed by atoms with Crippen molar-refractivity contribution in [1.29, 1.82) is 0 Å². The summed E-state index contributed by atoms with van der Waals surface area (Å²) >= 11 is 0. The first-order valence-corrected chi connectivity index (χ1v) is 47.0. The van der Waals surface area contributed by atoms with E-state index in [2.05, 4.69) is 41.5 Å². The Balaban J connectivity index is 5.25. The fourth-order valence-corrected chi connectivity index (χ4v) is 14.8. The van der Waals surface area contributed by atoms with E-state index >= 15 is 0 Å².